The fraction of sp³-hybridized carbons (Fsp3) is 0.538. The van der Waals surface area contributed by atoms with Crippen LogP contribution in [0.3, 0.4) is 0 Å². The van der Waals surface area contributed by atoms with Crippen molar-refractivity contribution in [2.45, 2.75) is 38.9 Å². The maximum absolute atomic E-state index is 14.3. The summed E-state index contributed by atoms with van der Waals surface area (Å²) in [5.74, 6) is -1.99. The standard InChI is InChI=1S/C13H16BF2N3O2/c1-12(2)13(3,4)21-14(20-12)7-6-8-11(10(16)9(7)15)19(5)18-17-8/h6H,1-5H3. The van der Waals surface area contributed by atoms with E-state index in [1.807, 2.05) is 27.7 Å². The van der Waals surface area contributed by atoms with Crippen LogP contribution in [0.15, 0.2) is 6.07 Å². The maximum Gasteiger partial charge on any atom is 0.498 e. The van der Waals surface area contributed by atoms with Crippen molar-refractivity contribution in [3.63, 3.8) is 0 Å². The number of fused-ring (bicyclic) bond motifs is 1. The molecule has 0 N–H and O–H groups in total. The molecule has 0 bridgehead atoms. The second kappa shape index (κ2) is 4.24. The zero-order chi connectivity index (χ0) is 15.6. The number of hydrogen-bond acceptors (Lipinski definition) is 4. The van der Waals surface area contributed by atoms with Crippen molar-refractivity contribution in [3.05, 3.63) is 17.7 Å². The van der Waals surface area contributed by atoms with Crippen LogP contribution in [0, 0.1) is 11.6 Å². The lowest BCUT2D eigenvalue weighted by Crippen LogP contribution is -2.41. The van der Waals surface area contributed by atoms with E-state index < -0.39 is 30.0 Å². The van der Waals surface area contributed by atoms with Gasteiger partial charge in [0.1, 0.15) is 11.0 Å². The van der Waals surface area contributed by atoms with Crippen LogP contribution in [-0.2, 0) is 16.4 Å². The average molecular weight is 295 g/mol. The van der Waals surface area contributed by atoms with Crippen LogP contribution in [-0.4, -0.2) is 33.3 Å². The van der Waals surface area contributed by atoms with E-state index >= 15 is 0 Å². The Morgan fingerprint density at radius 3 is 2.24 bits per heavy atom. The van der Waals surface area contributed by atoms with Crippen LogP contribution in [0.4, 0.5) is 8.78 Å². The minimum Gasteiger partial charge on any atom is -0.399 e. The van der Waals surface area contributed by atoms with E-state index in [9.17, 15) is 8.78 Å². The van der Waals surface area contributed by atoms with Crippen molar-refractivity contribution >= 4 is 23.6 Å². The van der Waals surface area contributed by atoms with E-state index in [4.69, 9.17) is 9.31 Å². The maximum atomic E-state index is 14.3. The topological polar surface area (TPSA) is 49.2 Å². The predicted octanol–water partition coefficient (Wildman–Crippen LogP) is 1.55. The third kappa shape index (κ3) is 1.97. The molecule has 1 aliphatic heterocycles. The second-order valence-electron chi connectivity index (χ2n) is 6.26. The van der Waals surface area contributed by atoms with E-state index in [0.717, 1.165) is 0 Å². The molecule has 0 aliphatic carbocycles. The molecule has 8 heteroatoms. The molecule has 112 valence electrons. The Labute approximate surface area is 121 Å². The van der Waals surface area contributed by atoms with Crippen molar-refractivity contribution in [2.75, 3.05) is 0 Å². The Morgan fingerprint density at radius 2 is 1.67 bits per heavy atom. The Balaban J connectivity index is 2.13. The van der Waals surface area contributed by atoms with Crippen LogP contribution in [0.2, 0.25) is 0 Å². The van der Waals surface area contributed by atoms with Gasteiger partial charge < -0.3 is 9.31 Å². The second-order valence-corrected chi connectivity index (χ2v) is 6.26. The number of benzene rings is 1. The summed E-state index contributed by atoms with van der Waals surface area (Å²) in [5.41, 5.74) is -0.969. The Bertz CT molecular complexity index is 714. The van der Waals surface area contributed by atoms with Gasteiger partial charge in [0.25, 0.3) is 0 Å². The van der Waals surface area contributed by atoms with Gasteiger partial charge in [0.2, 0.25) is 0 Å². The van der Waals surface area contributed by atoms with Gasteiger partial charge in [-0.3, -0.25) is 0 Å². The summed E-state index contributed by atoms with van der Waals surface area (Å²) < 4.78 is 41.3. The molecule has 0 spiro atoms. The van der Waals surface area contributed by atoms with Gasteiger partial charge in [-0.1, -0.05) is 5.21 Å². The Hall–Kier alpha value is -1.54. The first-order valence-corrected chi connectivity index (χ1v) is 6.67. The van der Waals surface area contributed by atoms with Gasteiger partial charge in [0.15, 0.2) is 11.6 Å². The summed E-state index contributed by atoms with van der Waals surface area (Å²) >= 11 is 0. The Morgan fingerprint density at radius 1 is 1.10 bits per heavy atom. The molecule has 1 fully saturated rings. The highest BCUT2D eigenvalue weighted by Crippen LogP contribution is 2.37. The van der Waals surface area contributed by atoms with Gasteiger partial charge in [-0.2, -0.15) is 0 Å². The van der Waals surface area contributed by atoms with Crippen molar-refractivity contribution in [3.8, 4) is 0 Å². The number of halogens is 2. The Kier molecular flexibility index (Phi) is 2.91. The number of rotatable bonds is 1. The molecule has 3 rings (SSSR count). The lowest BCUT2D eigenvalue weighted by molar-refractivity contribution is 0.00578. The molecule has 2 heterocycles. The fourth-order valence-corrected chi connectivity index (χ4v) is 2.31. The third-order valence-electron chi connectivity index (χ3n) is 4.31. The first-order valence-electron chi connectivity index (χ1n) is 6.67. The summed E-state index contributed by atoms with van der Waals surface area (Å²) in [6.07, 6.45) is 0. The molecule has 0 unspecified atom stereocenters. The molecule has 1 aliphatic rings. The molecular formula is C13H16BF2N3O2. The fourth-order valence-electron chi connectivity index (χ4n) is 2.31. The summed E-state index contributed by atoms with van der Waals surface area (Å²) in [5, 5.41) is 7.52. The van der Waals surface area contributed by atoms with Crippen LogP contribution in [0.25, 0.3) is 11.0 Å². The zero-order valence-electron chi connectivity index (χ0n) is 12.6. The average Bonchev–Trinajstić information content (AvgIpc) is 2.82. The molecular weight excluding hydrogens is 279 g/mol. The van der Waals surface area contributed by atoms with Crippen LogP contribution in [0.5, 0.6) is 0 Å². The molecule has 1 aromatic carbocycles. The quantitative estimate of drug-likeness (QED) is 0.749. The number of nitrogens with zero attached hydrogens (tertiary/aromatic N) is 3. The van der Waals surface area contributed by atoms with Crippen LogP contribution >= 0.6 is 0 Å². The van der Waals surface area contributed by atoms with E-state index in [1.165, 1.54) is 17.8 Å². The van der Waals surface area contributed by atoms with Gasteiger partial charge in [-0.25, -0.2) is 13.5 Å². The monoisotopic (exact) mass is 295 g/mol. The van der Waals surface area contributed by atoms with Crippen molar-refractivity contribution in [1.29, 1.82) is 0 Å². The molecule has 0 amide bonds. The SMILES string of the molecule is Cn1nnc2cc(B3OC(C)(C)C(C)(C)O3)c(F)c(F)c21. The van der Waals surface area contributed by atoms with E-state index in [2.05, 4.69) is 10.3 Å². The number of aromatic nitrogens is 3. The first kappa shape index (κ1) is 14.4. The molecule has 5 nitrogen and oxygen atoms in total. The van der Waals surface area contributed by atoms with Gasteiger partial charge >= 0.3 is 7.12 Å². The summed E-state index contributed by atoms with van der Waals surface area (Å²) in [6, 6.07) is 1.42. The normalized spacial score (nSPS) is 20.4. The molecule has 1 aromatic heterocycles. The van der Waals surface area contributed by atoms with Crippen molar-refractivity contribution in [1.82, 2.24) is 15.0 Å². The van der Waals surface area contributed by atoms with Gasteiger partial charge in [0.05, 0.1) is 11.2 Å². The molecule has 0 saturated carbocycles. The van der Waals surface area contributed by atoms with Gasteiger partial charge in [-0.05, 0) is 33.8 Å². The molecule has 2 aromatic rings. The molecule has 21 heavy (non-hydrogen) atoms. The molecule has 0 atom stereocenters. The number of hydrogen-bond donors (Lipinski definition) is 0. The highest BCUT2D eigenvalue weighted by molar-refractivity contribution is 6.62. The minimum absolute atomic E-state index is 0.000787. The summed E-state index contributed by atoms with van der Waals surface area (Å²) in [4.78, 5) is 0. The van der Waals surface area contributed by atoms with Crippen LogP contribution < -0.4 is 5.46 Å². The molecule has 1 saturated heterocycles. The highest BCUT2D eigenvalue weighted by atomic mass is 19.2. The zero-order valence-corrected chi connectivity index (χ0v) is 12.6. The van der Waals surface area contributed by atoms with E-state index in [-0.39, 0.29) is 16.5 Å². The summed E-state index contributed by atoms with van der Waals surface area (Å²) in [7, 11) is 0.530. The predicted molar refractivity (Wildman–Crippen MR) is 74.1 cm³/mol. The number of aryl methyl sites for hydroxylation is 1. The largest absolute Gasteiger partial charge is 0.498 e. The summed E-state index contributed by atoms with van der Waals surface area (Å²) in [6.45, 7) is 7.40. The smallest absolute Gasteiger partial charge is 0.399 e. The van der Waals surface area contributed by atoms with E-state index in [0.29, 0.717) is 0 Å². The van der Waals surface area contributed by atoms with Gasteiger partial charge in [-0.15, -0.1) is 5.10 Å². The van der Waals surface area contributed by atoms with Crippen LogP contribution in [0.1, 0.15) is 27.7 Å². The first-order chi connectivity index (χ1) is 9.64. The lowest BCUT2D eigenvalue weighted by atomic mass is 9.78. The lowest BCUT2D eigenvalue weighted by Gasteiger charge is -2.32. The molecule has 0 radical (unpaired) electrons. The third-order valence-corrected chi connectivity index (χ3v) is 4.31. The van der Waals surface area contributed by atoms with Crippen molar-refractivity contribution < 1.29 is 18.1 Å². The van der Waals surface area contributed by atoms with E-state index in [1.54, 1.807) is 0 Å². The van der Waals surface area contributed by atoms with Crippen molar-refractivity contribution in [2.24, 2.45) is 7.05 Å². The minimum atomic E-state index is -0.996. The highest BCUT2D eigenvalue weighted by Gasteiger charge is 2.52. The van der Waals surface area contributed by atoms with Gasteiger partial charge in [0, 0.05) is 12.5 Å².